The minimum absolute atomic E-state index is 0.576. The summed E-state index contributed by atoms with van der Waals surface area (Å²) < 4.78 is 2.65. The fourth-order valence-corrected chi connectivity index (χ4v) is 2.76. The van der Waals surface area contributed by atoms with Crippen molar-refractivity contribution < 1.29 is 0 Å². The summed E-state index contributed by atoms with van der Waals surface area (Å²) in [5, 5.41) is 5.88. The van der Waals surface area contributed by atoms with Crippen LogP contribution < -0.4 is 11.3 Å². The Morgan fingerprint density at radius 2 is 2.19 bits per heavy atom. The number of thioether (sulfide) groups is 1. The largest absolute Gasteiger partial charge is 0.308 e. The van der Waals surface area contributed by atoms with E-state index >= 15 is 0 Å². The Morgan fingerprint density at radius 3 is 2.90 bits per heavy atom. The molecule has 9 heteroatoms. The first-order valence-corrected chi connectivity index (χ1v) is 7.85. The maximum absolute atomic E-state index is 5.52. The van der Waals surface area contributed by atoms with Crippen molar-refractivity contribution in [2.75, 3.05) is 5.43 Å². The van der Waals surface area contributed by atoms with E-state index in [4.69, 9.17) is 5.84 Å². The van der Waals surface area contributed by atoms with Crippen molar-refractivity contribution in [3.8, 4) is 0 Å². The van der Waals surface area contributed by atoms with Gasteiger partial charge in [-0.05, 0) is 28.1 Å². The number of anilines is 1. The third kappa shape index (κ3) is 2.99. The second-order valence-electron chi connectivity index (χ2n) is 4.24. The molecule has 0 atom stereocenters. The summed E-state index contributed by atoms with van der Waals surface area (Å²) >= 11 is 4.93. The van der Waals surface area contributed by atoms with Gasteiger partial charge in [-0.15, -0.1) is 0 Å². The zero-order valence-electron chi connectivity index (χ0n) is 11.1. The highest BCUT2D eigenvalue weighted by molar-refractivity contribution is 9.10. The number of hydrogen-bond donors (Lipinski definition) is 2. The molecule has 0 aliphatic heterocycles. The Morgan fingerprint density at radius 1 is 1.33 bits per heavy atom. The van der Waals surface area contributed by atoms with Crippen LogP contribution in [0, 0.1) is 0 Å². The third-order valence-corrected chi connectivity index (χ3v) is 4.23. The molecule has 0 saturated heterocycles. The number of aryl methyl sites for hydroxylation is 1. The van der Waals surface area contributed by atoms with Gasteiger partial charge in [0, 0.05) is 17.7 Å². The molecular formula is C12H12BrN7S. The van der Waals surface area contributed by atoms with E-state index in [1.54, 1.807) is 28.8 Å². The predicted molar refractivity (Wildman–Crippen MR) is 85.6 cm³/mol. The van der Waals surface area contributed by atoms with Crippen LogP contribution in [-0.4, -0.2) is 24.7 Å². The number of nitrogens with two attached hydrogens (primary N) is 1. The average molecular weight is 366 g/mol. The van der Waals surface area contributed by atoms with Crippen LogP contribution in [-0.2, 0) is 12.8 Å². The molecule has 21 heavy (non-hydrogen) atoms. The summed E-state index contributed by atoms with van der Waals surface area (Å²) in [5.74, 6) is 7.37. The molecular weight excluding hydrogens is 354 g/mol. The lowest BCUT2D eigenvalue weighted by Gasteiger charge is -2.05. The van der Waals surface area contributed by atoms with Gasteiger partial charge in [0.25, 0.3) is 0 Å². The van der Waals surface area contributed by atoms with Crippen LogP contribution in [0.5, 0.6) is 0 Å². The molecule has 0 aliphatic rings. The van der Waals surface area contributed by atoms with Crippen LogP contribution in [0.1, 0.15) is 5.82 Å². The molecule has 7 nitrogen and oxygen atoms in total. The van der Waals surface area contributed by atoms with Crippen LogP contribution in [0.25, 0.3) is 11.0 Å². The molecule has 0 bridgehead atoms. The van der Waals surface area contributed by atoms with E-state index < -0.39 is 0 Å². The standard InChI is InChI=1S/C12H12BrN7S/c1-20-12-8(5-16-20)11(19-14)17-9(18-12)6-21-10-3-2-7(13)4-15-10/h2-5H,6,14H2,1H3,(H,17,18,19). The summed E-state index contributed by atoms with van der Waals surface area (Å²) in [7, 11) is 1.84. The van der Waals surface area contributed by atoms with E-state index in [-0.39, 0.29) is 0 Å². The quantitative estimate of drug-likeness (QED) is 0.415. The van der Waals surface area contributed by atoms with Gasteiger partial charge in [-0.2, -0.15) is 5.10 Å². The lowest BCUT2D eigenvalue weighted by molar-refractivity contribution is 0.782. The van der Waals surface area contributed by atoms with Crippen molar-refractivity contribution in [3.05, 3.63) is 34.8 Å². The second kappa shape index (κ2) is 5.96. The first kappa shape index (κ1) is 14.2. The fraction of sp³-hybridized carbons (Fsp3) is 0.167. The average Bonchev–Trinajstić information content (AvgIpc) is 2.87. The van der Waals surface area contributed by atoms with Crippen LogP contribution in [0.3, 0.4) is 0 Å². The zero-order valence-corrected chi connectivity index (χ0v) is 13.5. The predicted octanol–water partition coefficient (Wildman–Crippen LogP) is 2.10. The first-order valence-electron chi connectivity index (χ1n) is 6.07. The zero-order chi connectivity index (χ0) is 14.8. The molecule has 3 rings (SSSR count). The molecule has 3 aromatic rings. The number of fused-ring (bicyclic) bond motifs is 1. The number of aromatic nitrogens is 5. The molecule has 0 saturated carbocycles. The minimum Gasteiger partial charge on any atom is -0.308 e. The maximum Gasteiger partial charge on any atom is 0.163 e. The normalized spacial score (nSPS) is 11.0. The number of hydrazine groups is 1. The summed E-state index contributed by atoms with van der Waals surface area (Å²) in [6, 6.07) is 3.90. The summed E-state index contributed by atoms with van der Waals surface area (Å²) in [6.07, 6.45) is 3.46. The van der Waals surface area contributed by atoms with Gasteiger partial charge in [0.15, 0.2) is 11.5 Å². The van der Waals surface area contributed by atoms with E-state index in [0.29, 0.717) is 17.4 Å². The van der Waals surface area contributed by atoms with Crippen LogP contribution in [0.2, 0.25) is 0 Å². The van der Waals surface area contributed by atoms with Gasteiger partial charge in [0.05, 0.1) is 22.4 Å². The van der Waals surface area contributed by atoms with Crippen molar-refractivity contribution >= 4 is 44.5 Å². The van der Waals surface area contributed by atoms with Gasteiger partial charge in [-0.25, -0.2) is 20.8 Å². The van der Waals surface area contributed by atoms with E-state index in [9.17, 15) is 0 Å². The Kier molecular flexibility index (Phi) is 4.04. The molecule has 0 aliphatic carbocycles. The first-order chi connectivity index (χ1) is 10.2. The van der Waals surface area contributed by atoms with Crippen molar-refractivity contribution in [2.24, 2.45) is 12.9 Å². The molecule has 0 fully saturated rings. The number of pyridine rings is 1. The van der Waals surface area contributed by atoms with E-state index in [1.165, 1.54) is 0 Å². The molecule has 0 spiro atoms. The van der Waals surface area contributed by atoms with Crippen molar-refractivity contribution in [3.63, 3.8) is 0 Å². The topological polar surface area (TPSA) is 94.5 Å². The molecule has 3 N–H and O–H groups in total. The summed E-state index contributed by atoms with van der Waals surface area (Å²) in [6.45, 7) is 0. The van der Waals surface area contributed by atoms with Crippen molar-refractivity contribution in [1.29, 1.82) is 0 Å². The molecule has 3 aromatic heterocycles. The highest BCUT2D eigenvalue weighted by atomic mass is 79.9. The van der Waals surface area contributed by atoms with Gasteiger partial charge in [-0.3, -0.25) is 4.68 Å². The van der Waals surface area contributed by atoms with E-state index in [1.807, 2.05) is 19.2 Å². The highest BCUT2D eigenvalue weighted by Gasteiger charge is 2.11. The van der Waals surface area contributed by atoms with Gasteiger partial charge < -0.3 is 5.43 Å². The van der Waals surface area contributed by atoms with Crippen molar-refractivity contribution in [2.45, 2.75) is 10.8 Å². The molecule has 0 amide bonds. The fourth-order valence-electron chi connectivity index (χ4n) is 1.83. The Hall–Kier alpha value is -1.71. The minimum atomic E-state index is 0.576. The van der Waals surface area contributed by atoms with Gasteiger partial charge >= 0.3 is 0 Å². The number of nitrogens with one attached hydrogen (secondary N) is 1. The van der Waals surface area contributed by atoms with Crippen LogP contribution in [0.15, 0.2) is 34.0 Å². The Bertz CT molecular complexity index is 771. The van der Waals surface area contributed by atoms with Crippen LogP contribution >= 0.6 is 27.7 Å². The van der Waals surface area contributed by atoms with Crippen molar-refractivity contribution in [1.82, 2.24) is 24.7 Å². The van der Waals surface area contributed by atoms with Gasteiger partial charge in [-0.1, -0.05) is 11.8 Å². The number of nitrogens with zero attached hydrogens (tertiary/aromatic N) is 5. The monoisotopic (exact) mass is 365 g/mol. The summed E-state index contributed by atoms with van der Waals surface area (Å²) in [4.78, 5) is 13.2. The number of hydrogen-bond acceptors (Lipinski definition) is 7. The molecule has 0 unspecified atom stereocenters. The molecule has 0 aromatic carbocycles. The van der Waals surface area contributed by atoms with Gasteiger partial charge in [0.2, 0.25) is 0 Å². The third-order valence-electron chi connectivity index (χ3n) is 2.82. The molecule has 3 heterocycles. The number of rotatable bonds is 4. The molecule has 0 radical (unpaired) electrons. The maximum atomic E-state index is 5.52. The number of nitrogen functional groups attached to an aromatic ring is 1. The van der Waals surface area contributed by atoms with E-state index in [0.717, 1.165) is 20.5 Å². The SMILES string of the molecule is Cn1ncc2c(NN)nc(CSc3ccc(Br)cn3)nc21. The van der Waals surface area contributed by atoms with Gasteiger partial charge in [0.1, 0.15) is 5.82 Å². The van der Waals surface area contributed by atoms with Crippen LogP contribution in [0.4, 0.5) is 5.82 Å². The Labute approximate surface area is 133 Å². The Balaban J connectivity index is 1.86. The summed E-state index contributed by atoms with van der Waals surface area (Å²) in [5.41, 5.74) is 3.34. The lowest BCUT2D eigenvalue weighted by atomic mass is 10.4. The lowest BCUT2D eigenvalue weighted by Crippen LogP contribution is -2.11. The number of halogens is 1. The smallest absolute Gasteiger partial charge is 0.163 e. The van der Waals surface area contributed by atoms with E-state index in [2.05, 4.69) is 41.4 Å². The molecule has 108 valence electrons. The highest BCUT2D eigenvalue weighted by Crippen LogP contribution is 2.24. The second-order valence-corrected chi connectivity index (χ2v) is 6.15.